The Morgan fingerprint density at radius 3 is 2.11 bits per heavy atom. The van der Waals surface area contributed by atoms with Crippen LogP contribution in [0.3, 0.4) is 0 Å². The molecular formula is C16H32N2. The van der Waals surface area contributed by atoms with Crippen molar-refractivity contribution in [3.8, 4) is 0 Å². The molecular weight excluding hydrogens is 220 g/mol. The van der Waals surface area contributed by atoms with Gasteiger partial charge in [-0.2, -0.15) is 0 Å². The summed E-state index contributed by atoms with van der Waals surface area (Å²) in [5, 5.41) is 3.85. The Hall–Kier alpha value is -0.0800. The summed E-state index contributed by atoms with van der Waals surface area (Å²) >= 11 is 0. The lowest BCUT2D eigenvalue weighted by Gasteiger charge is -2.35. The molecule has 1 N–H and O–H groups in total. The van der Waals surface area contributed by atoms with Crippen LogP contribution in [0.4, 0.5) is 0 Å². The Balaban J connectivity index is 1.62. The molecule has 2 aliphatic rings. The minimum Gasteiger partial charge on any atom is -0.314 e. The molecule has 1 heterocycles. The van der Waals surface area contributed by atoms with Gasteiger partial charge in [0.2, 0.25) is 0 Å². The molecule has 0 bridgehead atoms. The average Bonchev–Trinajstić information content (AvgIpc) is 2.65. The largest absolute Gasteiger partial charge is 0.314 e. The van der Waals surface area contributed by atoms with E-state index in [9.17, 15) is 0 Å². The molecule has 0 unspecified atom stereocenters. The van der Waals surface area contributed by atoms with Gasteiger partial charge < -0.3 is 10.2 Å². The van der Waals surface area contributed by atoms with E-state index in [0.717, 1.165) is 18.0 Å². The standard InChI is InChI=1S/C16H32N2/c1-14(2)18-11-9-16(10-12-18)17-13-15-7-5-3-4-6-8-15/h14-17H,3-13H2,1-2H3. The van der Waals surface area contributed by atoms with Crippen LogP contribution in [-0.2, 0) is 0 Å². The van der Waals surface area contributed by atoms with E-state index in [0.29, 0.717) is 0 Å². The smallest absolute Gasteiger partial charge is 0.00915 e. The minimum absolute atomic E-state index is 0.729. The highest BCUT2D eigenvalue weighted by Gasteiger charge is 2.21. The summed E-state index contributed by atoms with van der Waals surface area (Å²) in [6, 6.07) is 1.52. The summed E-state index contributed by atoms with van der Waals surface area (Å²) < 4.78 is 0. The maximum absolute atomic E-state index is 3.85. The van der Waals surface area contributed by atoms with Crippen LogP contribution in [0.1, 0.15) is 65.2 Å². The van der Waals surface area contributed by atoms with E-state index >= 15 is 0 Å². The lowest BCUT2D eigenvalue weighted by Crippen LogP contribution is -2.45. The summed E-state index contributed by atoms with van der Waals surface area (Å²) in [5.41, 5.74) is 0. The Bertz CT molecular complexity index is 211. The predicted octanol–water partition coefficient (Wildman–Crippen LogP) is 3.42. The van der Waals surface area contributed by atoms with Crippen LogP contribution >= 0.6 is 0 Å². The zero-order valence-electron chi connectivity index (χ0n) is 12.5. The van der Waals surface area contributed by atoms with Crippen LogP contribution in [0.5, 0.6) is 0 Å². The Morgan fingerprint density at radius 2 is 1.56 bits per heavy atom. The van der Waals surface area contributed by atoms with Crippen molar-refractivity contribution in [2.24, 2.45) is 5.92 Å². The van der Waals surface area contributed by atoms with Crippen molar-refractivity contribution in [3.05, 3.63) is 0 Å². The molecule has 0 aromatic carbocycles. The van der Waals surface area contributed by atoms with E-state index in [-0.39, 0.29) is 0 Å². The number of hydrogen-bond acceptors (Lipinski definition) is 2. The third-order valence-electron chi connectivity index (χ3n) is 4.93. The number of rotatable bonds is 4. The van der Waals surface area contributed by atoms with Gasteiger partial charge in [0.15, 0.2) is 0 Å². The maximum Gasteiger partial charge on any atom is 0.00915 e. The SMILES string of the molecule is CC(C)N1CCC(NCC2CCCCCC2)CC1. The fraction of sp³-hybridized carbons (Fsp3) is 1.00. The highest BCUT2D eigenvalue weighted by molar-refractivity contribution is 4.80. The molecule has 2 rings (SSSR count). The van der Waals surface area contributed by atoms with Crippen molar-refractivity contribution in [2.45, 2.75) is 77.3 Å². The quantitative estimate of drug-likeness (QED) is 0.771. The van der Waals surface area contributed by atoms with Crippen LogP contribution in [0.15, 0.2) is 0 Å². The van der Waals surface area contributed by atoms with E-state index in [4.69, 9.17) is 0 Å². The molecule has 1 aliphatic carbocycles. The fourth-order valence-electron chi connectivity index (χ4n) is 3.52. The second-order valence-electron chi connectivity index (χ2n) is 6.67. The van der Waals surface area contributed by atoms with Crippen molar-refractivity contribution in [3.63, 3.8) is 0 Å². The molecule has 0 atom stereocenters. The molecule has 2 fully saturated rings. The molecule has 1 aliphatic heterocycles. The summed E-state index contributed by atoms with van der Waals surface area (Å²) in [7, 11) is 0. The van der Waals surface area contributed by atoms with Gasteiger partial charge in [-0.25, -0.2) is 0 Å². The Morgan fingerprint density at radius 1 is 0.944 bits per heavy atom. The van der Waals surface area contributed by atoms with Gasteiger partial charge in [0.25, 0.3) is 0 Å². The van der Waals surface area contributed by atoms with E-state index < -0.39 is 0 Å². The predicted molar refractivity (Wildman–Crippen MR) is 78.9 cm³/mol. The maximum atomic E-state index is 3.85. The zero-order valence-corrected chi connectivity index (χ0v) is 12.5. The zero-order chi connectivity index (χ0) is 12.8. The van der Waals surface area contributed by atoms with E-state index in [1.54, 1.807) is 0 Å². The fourth-order valence-corrected chi connectivity index (χ4v) is 3.52. The van der Waals surface area contributed by atoms with Crippen molar-refractivity contribution in [1.29, 1.82) is 0 Å². The topological polar surface area (TPSA) is 15.3 Å². The van der Waals surface area contributed by atoms with Gasteiger partial charge >= 0.3 is 0 Å². The van der Waals surface area contributed by atoms with Crippen LogP contribution < -0.4 is 5.32 Å². The number of piperidine rings is 1. The summed E-state index contributed by atoms with van der Waals surface area (Å²) in [4.78, 5) is 2.61. The van der Waals surface area contributed by atoms with E-state index in [2.05, 4.69) is 24.1 Å². The monoisotopic (exact) mass is 252 g/mol. The van der Waals surface area contributed by atoms with Crippen molar-refractivity contribution >= 4 is 0 Å². The second kappa shape index (κ2) is 7.49. The van der Waals surface area contributed by atoms with Gasteiger partial charge in [-0.1, -0.05) is 25.7 Å². The number of nitrogens with zero attached hydrogens (tertiary/aromatic N) is 1. The summed E-state index contributed by atoms with van der Waals surface area (Å²) in [5.74, 6) is 0.968. The van der Waals surface area contributed by atoms with Crippen molar-refractivity contribution in [1.82, 2.24) is 10.2 Å². The Labute approximate surface area is 114 Å². The van der Waals surface area contributed by atoms with Gasteiger partial charge in [-0.3, -0.25) is 0 Å². The molecule has 0 amide bonds. The first-order valence-electron chi connectivity index (χ1n) is 8.23. The summed E-state index contributed by atoms with van der Waals surface area (Å²) in [6.07, 6.45) is 11.5. The molecule has 106 valence electrons. The van der Waals surface area contributed by atoms with Gasteiger partial charge in [-0.15, -0.1) is 0 Å². The summed E-state index contributed by atoms with van der Waals surface area (Å²) in [6.45, 7) is 8.50. The van der Waals surface area contributed by atoms with Crippen molar-refractivity contribution < 1.29 is 0 Å². The highest BCUT2D eigenvalue weighted by Crippen LogP contribution is 2.22. The Kier molecular flexibility index (Phi) is 5.97. The van der Waals surface area contributed by atoms with E-state index in [1.165, 1.54) is 71.0 Å². The molecule has 18 heavy (non-hydrogen) atoms. The van der Waals surface area contributed by atoms with Gasteiger partial charge in [-0.05, 0) is 65.1 Å². The normalized spacial score (nSPS) is 25.5. The molecule has 0 aromatic rings. The van der Waals surface area contributed by atoms with Crippen molar-refractivity contribution in [2.75, 3.05) is 19.6 Å². The second-order valence-corrected chi connectivity index (χ2v) is 6.67. The minimum atomic E-state index is 0.729. The number of hydrogen-bond donors (Lipinski definition) is 1. The lowest BCUT2D eigenvalue weighted by atomic mass is 9.98. The number of likely N-dealkylation sites (tertiary alicyclic amines) is 1. The molecule has 0 radical (unpaired) electrons. The molecule has 1 saturated heterocycles. The average molecular weight is 252 g/mol. The molecule has 2 heteroatoms. The highest BCUT2D eigenvalue weighted by atomic mass is 15.2. The molecule has 2 nitrogen and oxygen atoms in total. The third-order valence-corrected chi connectivity index (χ3v) is 4.93. The van der Waals surface area contributed by atoms with Crippen LogP contribution in [-0.4, -0.2) is 36.6 Å². The number of nitrogens with one attached hydrogen (secondary N) is 1. The molecule has 1 saturated carbocycles. The lowest BCUT2D eigenvalue weighted by molar-refractivity contribution is 0.158. The van der Waals surface area contributed by atoms with Crippen LogP contribution in [0, 0.1) is 5.92 Å². The van der Waals surface area contributed by atoms with Gasteiger partial charge in [0, 0.05) is 12.1 Å². The van der Waals surface area contributed by atoms with E-state index in [1.807, 2.05) is 0 Å². The first kappa shape index (κ1) is 14.3. The molecule has 0 aromatic heterocycles. The van der Waals surface area contributed by atoms with Gasteiger partial charge in [0.1, 0.15) is 0 Å². The first-order chi connectivity index (χ1) is 8.75. The van der Waals surface area contributed by atoms with Crippen LogP contribution in [0.25, 0.3) is 0 Å². The van der Waals surface area contributed by atoms with Crippen LogP contribution in [0.2, 0.25) is 0 Å². The third kappa shape index (κ3) is 4.55. The molecule has 0 spiro atoms. The van der Waals surface area contributed by atoms with Gasteiger partial charge in [0.05, 0.1) is 0 Å². The first-order valence-corrected chi connectivity index (χ1v) is 8.23.